The smallest absolute Gasteiger partial charge is 0.338 e. The Morgan fingerprint density at radius 2 is 1.66 bits per heavy atom. The van der Waals surface area contributed by atoms with Gasteiger partial charge in [-0.2, -0.15) is 0 Å². The topological polar surface area (TPSA) is 65.1 Å². The van der Waals surface area contributed by atoms with Crippen molar-refractivity contribution in [3.8, 4) is 0 Å². The summed E-state index contributed by atoms with van der Waals surface area (Å²) in [6, 6.07) is -0.159. The van der Waals surface area contributed by atoms with Crippen LogP contribution in [0.5, 0.6) is 0 Å². The average Bonchev–Trinajstić information content (AvgIpc) is 2.92. The van der Waals surface area contributed by atoms with E-state index in [4.69, 9.17) is 13.9 Å². The molecule has 0 N–H and O–H groups in total. The maximum atomic E-state index is 13.5. The summed E-state index contributed by atoms with van der Waals surface area (Å²) in [7, 11) is -2.02. The second-order valence-corrected chi connectivity index (χ2v) is 14.8. The number of hydrogen-bond donors (Lipinski definition) is 0. The summed E-state index contributed by atoms with van der Waals surface area (Å²) < 4.78 is 17.6. The molecule has 184 valence electrons. The second kappa shape index (κ2) is 11.6. The Balaban J connectivity index is 3.59. The van der Waals surface area contributed by atoms with Gasteiger partial charge in [0.2, 0.25) is 5.54 Å². The summed E-state index contributed by atoms with van der Waals surface area (Å²) in [6.07, 6.45) is 6.48. The number of nitrogens with zero attached hydrogens (tertiary/aromatic N) is 1. The van der Waals surface area contributed by atoms with E-state index < -0.39 is 25.8 Å². The molecular formula is C25H45NO5Si. The van der Waals surface area contributed by atoms with E-state index in [2.05, 4.69) is 46.5 Å². The molecule has 0 aromatic rings. The fraction of sp³-hybridized carbons (Fsp3) is 0.760. The number of carbonyl (C=O) groups excluding carboxylic acids is 2. The molecule has 0 saturated carbocycles. The molecule has 0 radical (unpaired) electrons. The molecule has 6 nitrogen and oxygen atoms in total. The molecular weight excluding hydrogens is 422 g/mol. The van der Waals surface area contributed by atoms with E-state index in [0.717, 1.165) is 0 Å². The zero-order chi connectivity index (χ0) is 24.7. The Bertz CT molecular complexity index is 664. The largest absolute Gasteiger partial charge is 0.464 e. The van der Waals surface area contributed by atoms with Crippen molar-refractivity contribution in [3.05, 3.63) is 24.8 Å². The van der Waals surface area contributed by atoms with E-state index in [0.29, 0.717) is 19.6 Å². The lowest BCUT2D eigenvalue weighted by atomic mass is 9.80. The second-order valence-electron chi connectivity index (χ2n) is 10.0. The van der Waals surface area contributed by atoms with Gasteiger partial charge < -0.3 is 13.9 Å². The predicted molar refractivity (Wildman–Crippen MR) is 132 cm³/mol. The number of rotatable bonds is 11. The van der Waals surface area contributed by atoms with E-state index in [1.54, 1.807) is 19.9 Å². The van der Waals surface area contributed by atoms with Gasteiger partial charge in [-0.3, -0.25) is 4.90 Å². The first-order chi connectivity index (χ1) is 14.9. The lowest BCUT2D eigenvalue weighted by Crippen LogP contribution is -2.62. The fourth-order valence-electron chi connectivity index (χ4n) is 4.27. The third-order valence-electron chi connectivity index (χ3n) is 7.13. The summed E-state index contributed by atoms with van der Waals surface area (Å²) in [5.74, 6) is -1.51. The highest BCUT2D eigenvalue weighted by molar-refractivity contribution is 6.74. The van der Waals surface area contributed by atoms with Crippen molar-refractivity contribution in [2.24, 2.45) is 11.8 Å². The van der Waals surface area contributed by atoms with Gasteiger partial charge in [-0.05, 0) is 45.3 Å². The van der Waals surface area contributed by atoms with Gasteiger partial charge >= 0.3 is 11.9 Å². The number of carbonyl (C=O) groups is 2. The van der Waals surface area contributed by atoms with E-state index in [1.165, 1.54) is 0 Å². The van der Waals surface area contributed by atoms with Crippen LogP contribution in [0.15, 0.2) is 24.8 Å². The standard InChI is InChI=1S/C25H45NO5Si/c1-11-15-17-26-21(16-12-2)20(18-31-32(9,10)24(6,7)8)19(5)25(26,22(27)29-13-3)23(28)30-14-4/h11-12,16,19-21H,1,13-15,17-18H2,2-10H3/b16-12+/t19-,20-,21-/m1/s1. The van der Waals surface area contributed by atoms with Crippen LogP contribution in [0, 0.1) is 11.8 Å². The Labute approximate surface area is 196 Å². The monoisotopic (exact) mass is 467 g/mol. The molecule has 0 amide bonds. The van der Waals surface area contributed by atoms with Gasteiger partial charge in [0.25, 0.3) is 0 Å². The zero-order valence-corrected chi connectivity index (χ0v) is 22.7. The van der Waals surface area contributed by atoms with Crippen LogP contribution in [-0.4, -0.2) is 63.1 Å². The number of allylic oxidation sites excluding steroid dienone is 1. The molecule has 32 heavy (non-hydrogen) atoms. The van der Waals surface area contributed by atoms with Crippen molar-refractivity contribution in [3.63, 3.8) is 0 Å². The lowest BCUT2D eigenvalue weighted by molar-refractivity contribution is -0.176. The fourth-order valence-corrected chi connectivity index (χ4v) is 5.31. The van der Waals surface area contributed by atoms with Crippen molar-refractivity contribution < 1.29 is 23.5 Å². The molecule has 1 rings (SSSR count). The Hall–Kier alpha value is -1.44. The Morgan fingerprint density at radius 1 is 1.12 bits per heavy atom. The highest BCUT2D eigenvalue weighted by Crippen LogP contribution is 2.47. The Kier molecular flexibility index (Phi) is 10.4. The summed E-state index contributed by atoms with van der Waals surface area (Å²) in [5, 5.41) is 0.0623. The SMILES string of the molecule is C=CCCN1[C@H](/C=C/C)[C@H](CO[Si](C)(C)C(C)(C)C)[C@@H](C)C1(C(=O)OCC)C(=O)OCC. The molecule has 0 aliphatic carbocycles. The van der Waals surface area contributed by atoms with E-state index in [-0.39, 0.29) is 36.1 Å². The highest BCUT2D eigenvalue weighted by Gasteiger charge is 2.66. The summed E-state index contributed by atoms with van der Waals surface area (Å²) in [4.78, 5) is 28.9. The van der Waals surface area contributed by atoms with Crippen LogP contribution in [0.3, 0.4) is 0 Å². The first-order valence-electron chi connectivity index (χ1n) is 11.9. The van der Waals surface area contributed by atoms with Gasteiger partial charge in [0.1, 0.15) is 0 Å². The maximum Gasteiger partial charge on any atom is 0.338 e. The van der Waals surface area contributed by atoms with Gasteiger partial charge in [-0.1, -0.05) is 45.9 Å². The predicted octanol–water partition coefficient (Wildman–Crippen LogP) is 4.96. The van der Waals surface area contributed by atoms with Crippen LogP contribution in [0.25, 0.3) is 0 Å². The van der Waals surface area contributed by atoms with Gasteiger partial charge in [0.05, 0.1) is 13.2 Å². The van der Waals surface area contributed by atoms with Crippen molar-refractivity contribution >= 4 is 20.3 Å². The van der Waals surface area contributed by atoms with Crippen molar-refractivity contribution in [2.75, 3.05) is 26.4 Å². The number of ether oxygens (including phenoxy) is 2. The summed E-state index contributed by atoms with van der Waals surface area (Å²) in [6.45, 7) is 23.7. The van der Waals surface area contributed by atoms with Gasteiger partial charge in [0, 0.05) is 31.0 Å². The van der Waals surface area contributed by atoms with Crippen LogP contribution >= 0.6 is 0 Å². The van der Waals surface area contributed by atoms with E-state index in [1.807, 2.05) is 24.8 Å². The van der Waals surface area contributed by atoms with Gasteiger partial charge in [0.15, 0.2) is 8.32 Å². The molecule has 0 bridgehead atoms. The van der Waals surface area contributed by atoms with Crippen molar-refractivity contribution in [2.45, 2.75) is 84.6 Å². The number of esters is 2. The third kappa shape index (κ3) is 5.54. The molecule has 3 atom stereocenters. The maximum absolute atomic E-state index is 13.5. The molecule has 7 heteroatoms. The first-order valence-corrected chi connectivity index (χ1v) is 14.8. The van der Waals surface area contributed by atoms with Gasteiger partial charge in [-0.15, -0.1) is 6.58 Å². The molecule has 0 spiro atoms. The van der Waals surface area contributed by atoms with E-state index >= 15 is 0 Å². The molecule has 1 fully saturated rings. The summed E-state index contributed by atoms with van der Waals surface area (Å²) >= 11 is 0. The van der Waals surface area contributed by atoms with Gasteiger partial charge in [-0.25, -0.2) is 9.59 Å². The van der Waals surface area contributed by atoms with Crippen molar-refractivity contribution in [1.29, 1.82) is 0 Å². The minimum atomic E-state index is -2.02. The van der Waals surface area contributed by atoms with Crippen LogP contribution in [0.1, 0.15) is 54.9 Å². The molecule has 0 aromatic carbocycles. The molecule has 1 aliphatic rings. The number of likely N-dealkylation sites (tertiary alicyclic amines) is 1. The molecule has 1 aliphatic heterocycles. The lowest BCUT2D eigenvalue weighted by Gasteiger charge is -2.38. The minimum Gasteiger partial charge on any atom is -0.464 e. The van der Waals surface area contributed by atoms with Crippen molar-refractivity contribution in [1.82, 2.24) is 4.90 Å². The third-order valence-corrected chi connectivity index (χ3v) is 11.6. The van der Waals surface area contributed by atoms with E-state index in [9.17, 15) is 9.59 Å². The van der Waals surface area contributed by atoms with Crippen LogP contribution in [0.2, 0.25) is 18.1 Å². The molecule has 0 unspecified atom stereocenters. The average molecular weight is 468 g/mol. The van der Waals surface area contributed by atoms with Crippen LogP contribution < -0.4 is 0 Å². The number of hydrogen-bond acceptors (Lipinski definition) is 6. The molecule has 1 saturated heterocycles. The summed E-state index contributed by atoms with van der Waals surface area (Å²) in [5.41, 5.74) is -1.51. The quantitative estimate of drug-likeness (QED) is 0.185. The molecule has 1 heterocycles. The normalized spacial score (nSPS) is 24.0. The zero-order valence-electron chi connectivity index (χ0n) is 21.7. The first kappa shape index (κ1) is 28.6. The minimum absolute atomic E-state index is 0.0623. The Morgan fingerprint density at radius 3 is 2.06 bits per heavy atom. The van der Waals surface area contributed by atoms with Crippen LogP contribution in [0.4, 0.5) is 0 Å². The highest BCUT2D eigenvalue weighted by atomic mass is 28.4. The molecule has 0 aromatic heterocycles. The van der Waals surface area contributed by atoms with Crippen LogP contribution in [-0.2, 0) is 23.5 Å².